The molecule has 0 fully saturated rings. The van der Waals surface area contributed by atoms with Crippen molar-refractivity contribution in [1.29, 1.82) is 0 Å². The molecule has 6 heteroatoms. The van der Waals surface area contributed by atoms with Gasteiger partial charge in [0.2, 0.25) is 0 Å². The van der Waals surface area contributed by atoms with Crippen LogP contribution in [-0.4, -0.2) is 22.2 Å². The SMILES string of the molecule is O=C(O)Cc1[c-]sc(C(=O)O)c1.[Y]. The Bertz CT molecular complexity index is 320. The Morgan fingerprint density at radius 3 is 2.46 bits per heavy atom. The number of rotatable bonds is 3. The van der Waals surface area contributed by atoms with Gasteiger partial charge in [-0.05, 0) is 4.88 Å². The van der Waals surface area contributed by atoms with Crippen LogP contribution in [0.1, 0.15) is 15.2 Å². The number of carbonyl (C=O) groups is 2. The van der Waals surface area contributed by atoms with Gasteiger partial charge in [0, 0.05) is 39.1 Å². The summed E-state index contributed by atoms with van der Waals surface area (Å²) in [5, 5.41) is 19.4. The normalized spacial score (nSPS) is 8.92. The van der Waals surface area contributed by atoms with Crippen molar-refractivity contribution in [2.45, 2.75) is 6.42 Å². The van der Waals surface area contributed by atoms with Crippen molar-refractivity contribution in [2.24, 2.45) is 0 Å². The molecule has 1 rings (SSSR count). The zero-order chi connectivity index (χ0) is 9.14. The fourth-order valence-corrected chi connectivity index (χ4v) is 1.35. The zero-order valence-electron chi connectivity index (χ0n) is 6.48. The molecule has 1 aromatic rings. The first-order valence-electron chi connectivity index (χ1n) is 3.05. The second-order valence-corrected chi connectivity index (χ2v) is 2.96. The smallest absolute Gasteiger partial charge is 0.305 e. The number of carboxylic acid groups (broad SMARTS) is 2. The molecule has 0 aliphatic carbocycles. The molecular formula is C7H5O4SY-. The molecule has 0 aliphatic heterocycles. The molecule has 0 amide bonds. The fourth-order valence-electron chi connectivity index (χ4n) is 0.693. The van der Waals surface area contributed by atoms with Crippen LogP contribution in [0.3, 0.4) is 0 Å². The van der Waals surface area contributed by atoms with Crippen molar-refractivity contribution in [3.63, 3.8) is 0 Å². The van der Waals surface area contributed by atoms with Crippen LogP contribution in [0, 0.1) is 5.38 Å². The standard InChI is InChI=1S/C7H5O4S.Y/c8-6(9)2-4-1-5(7(10)11)12-3-4;/h1H,2H2,(H,8,9)(H,10,11);/q-1;. The maximum absolute atomic E-state index is 10.3. The Kier molecular flexibility index (Phi) is 5.36. The van der Waals surface area contributed by atoms with Crippen LogP contribution in [0.2, 0.25) is 0 Å². The minimum atomic E-state index is -1.05. The van der Waals surface area contributed by atoms with Gasteiger partial charge in [-0.2, -0.15) is 11.6 Å². The van der Waals surface area contributed by atoms with Gasteiger partial charge in [0.15, 0.2) is 0 Å². The number of thiophene rings is 1. The van der Waals surface area contributed by atoms with E-state index in [0.717, 1.165) is 11.3 Å². The number of carboxylic acids is 2. The van der Waals surface area contributed by atoms with E-state index in [2.05, 4.69) is 5.38 Å². The molecule has 0 saturated carbocycles. The maximum Gasteiger partial charge on any atom is 0.305 e. The second kappa shape index (κ2) is 5.47. The molecule has 0 saturated heterocycles. The Balaban J connectivity index is 0.00000144. The summed E-state index contributed by atoms with van der Waals surface area (Å²) in [6, 6.07) is 1.32. The molecule has 0 atom stereocenters. The number of aromatic carboxylic acids is 1. The largest absolute Gasteiger partial charge is 0.487 e. The predicted molar refractivity (Wildman–Crippen MR) is 41.5 cm³/mol. The second-order valence-electron chi connectivity index (χ2n) is 2.11. The minimum Gasteiger partial charge on any atom is -0.487 e. The van der Waals surface area contributed by atoms with E-state index in [1.807, 2.05) is 0 Å². The van der Waals surface area contributed by atoms with E-state index >= 15 is 0 Å². The Hall–Kier alpha value is -0.256. The summed E-state index contributed by atoms with van der Waals surface area (Å²) in [6.07, 6.45) is -0.177. The van der Waals surface area contributed by atoms with Crippen molar-refractivity contribution in [3.05, 3.63) is 21.9 Å². The zero-order valence-corrected chi connectivity index (χ0v) is 10.1. The third-order valence-corrected chi connectivity index (χ3v) is 2.03. The van der Waals surface area contributed by atoms with Crippen LogP contribution in [-0.2, 0) is 43.9 Å². The van der Waals surface area contributed by atoms with Gasteiger partial charge in [0.25, 0.3) is 5.97 Å². The van der Waals surface area contributed by atoms with Gasteiger partial charge in [-0.15, -0.1) is 5.38 Å². The van der Waals surface area contributed by atoms with Gasteiger partial charge >= 0.3 is 5.97 Å². The fraction of sp³-hybridized carbons (Fsp3) is 0.143. The summed E-state index contributed by atoms with van der Waals surface area (Å²) in [5.41, 5.74) is 0.407. The van der Waals surface area contributed by atoms with Gasteiger partial charge in [0.05, 0.1) is 0 Å². The molecule has 1 heterocycles. The molecular weight excluding hydrogens is 269 g/mol. The molecule has 0 spiro atoms. The van der Waals surface area contributed by atoms with Crippen molar-refractivity contribution in [3.8, 4) is 0 Å². The molecule has 1 radical (unpaired) electrons. The van der Waals surface area contributed by atoms with Crippen LogP contribution < -0.4 is 0 Å². The van der Waals surface area contributed by atoms with Crippen molar-refractivity contribution < 1.29 is 52.5 Å². The van der Waals surface area contributed by atoms with E-state index in [1.165, 1.54) is 6.07 Å². The van der Waals surface area contributed by atoms with Crippen LogP contribution in [0.5, 0.6) is 0 Å². The van der Waals surface area contributed by atoms with Gasteiger partial charge in [-0.3, -0.25) is 20.9 Å². The molecule has 4 nitrogen and oxygen atoms in total. The quantitative estimate of drug-likeness (QED) is 0.802. The minimum absolute atomic E-state index is 0. The molecule has 1 aromatic heterocycles. The van der Waals surface area contributed by atoms with Crippen LogP contribution in [0.4, 0.5) is 0 Å². The number of hydrogen-bond acceptors (Lipinski definition) is 3. The summed E-state index contributed by atoms with van der Waals surface area (Å²) in [6.45, 7) is 0. The summed E-state index contributed by atoms with van der Waals surface area (Å²) >= 11 is 0.912. The van der Waals surface area contributed by atoms with E-state index in [-0.39, 0.29) is 44.0 Å². The molecule has 67 valence electrons. The van der Waals surface area contributed by atoms with E-state index in [0.29, 0.717) is 5.56 Å². The van der Waals surface area contributed by atoms with Crippen LogP contribution in [0.25, 0.3) is 0 Å². The first-order chi connectivity index (χ1) is 5.59. The number of hydrogen-bond donors (Lipinski definition) is 2. The van der Waals surface area contributed by atoms with Crippen LogP contribution >= 0.6 is 11.3 Å². The van der Waals surface area contributed by atoms with Gasteiger partial charge in [-0.25, -0.2) is 0 Å². The Labute approximate surface area is 103 Å². The number of aliphatic carboxylic acids is 1. The van der Waals surface area contributed by atoms with Crippen molar-refractivity contribution >= 4 is 23.3 Å². The molecule has 13 heavy (non-hydrogen) atoms. The third-order valence-electron chi connectivity index (χ3n) is 1.15. The predicted octanol–water partition coefficient (Wildman–Crippen LogP) is 0.871. The van der Waals surface area contributed by atoms with E-state index < -0.39 is 11.9 Å². The topological polar surface area (TPSA) is 74.6 Å². The summed E-state index contributed by atoms with van der Waals surface area (Å²) in [4.78, 5) is 20.6. The van der Waals surface area contributed by atoms with Gasteiger partial charge < -0.3 is 10.2 Å². The van der Waals surface area contributed by atoms with E-state index in [1.54, 1.807) is 0 Å². The van der Waals surface area contributed by atoms with Crippen LogP contribution in [0.15, 0.2) is 6.07 Å². The monoisotopic (exact) mass is 274 g/mol. The third kappa shape index (κ3) is 3.98. The maximum atomic E-state index is 10.3. The average Bonchev–Trinajstić information content (AvgIpc) is 2.34. The molecule has 0 unspecified atom stereocenters. The summed E-state index contributed by atoms with van der Waals surface area (Å²) in [7, 11) is 0. The van der Waals surface area contributed by atoms with E-state index in [9.17, 15) is 9.59 Å². The Morgan fingerprint density at radius 1 is 1.46 bits per heavy atom. The molecule has 0 aliphatic rings. The van der Waals surface area contributed by atoms with Gasteiger partial charge in [-0.1, -0.05) is 0 Å². The van der Waals surface area contributed by atoms with Gasteiger partial charge in [0.1, 0.15) is 0 Å². The average molecular weight is 274 g/mol. The molecule has 2 N–H and O–H groups in total. The van der Waals surface area contributed by atoms with Crippen molar-refractivity contribution in [2.75, 3.05) is 0 Å². The first-order valence-corrected chi connectivity index (χ1v) is 3.86. The Morgan fingerprint density at radius 2 is 2.08 bits per heavy atom. The van der Waals surface area contributed by atoms with E-state index in [4.69, 9.17) is 10.2 Å². The van der Waals surface area contributed by atoms with Crippen molar-refractivity contribution in [1.82, 2.24) is 0 Å². The molecule has 0 bridgehead atoms. The first kappa shape index (κ1) is 12.7. The summed E-state index contributed by atoms with van der Waals surface area (Å²) < 4.78 is 0. The molecule has 0 aromatic carbocycles. The summed E-state index contributed by atoms with van der Waals surface area (Å²) in [5.74, 6) is -2.03.